The Bertz CT molecular complexity index is 285. The maximum atomic E-state index is 11.9. The summed E-state index contributed by atoms with van der Waals surface area (Å²) in [6, 6.07) is 0. The van der Waals surface area contributed by atoms with Crippen LogP contribution in [0.2, 0.25) is 0 Å². The molecular formula is C14H24O3. The van der Waals surface area contributed by atoms with Gasteiger partial charge in [-0.3, -0.25) is 9.59 Å². The Labute approximate surface area is 104 Å². The molecule has 0 spiro atoms. The Morgan fingerprint density at radius 3 is 2.59 bits per heavy atom. The molecule has 1 aliphatic carbocycles. The zero-order valence-electron chi connectivity index (χ0n) is 11.0. The fourth-order valence-electron chi connectivity index (χ4n) is 3.05. The van der Waals surface area contributed by atoms with Crippen LogP contribution in [0.25, 0.3) is 0 Å². The van der Waals surface area contributed by atoms with Gasteiger partial charge in [-0.25, -0.2) is 0 Å². The van der Waals surface area contributed by atoms with E-state index in [1.54, 1.807) is 0 Å². The van der Waals surface area contributed by atoms with Crippen LogP contribution in [-0.2, 0) is 9.59 Å². The second-order valence-corrected chi connectivity index (χ2v) is 5.18. The van der Waals surface area contributed by atoms with Crippen molar-refractivity contribution < 1.29 is 14.7 Å². The third-order valence-corrected chi connectivity index (χ3v) is 4.28. The first kappa shape index (κ1) is 14.2. The van der Waals surface area contributed by atoms with Gasteiger partial charge in [0.1, 0.15) is 5.78 Å². The number of hydrogen-bond acceptors (Lipinski definition) is 2. The number of Topliss-reactive ketones (excluding diaryl/α,β-unsaturated/α-hetero) is 1. The lowest BCUT2D eigenvalue weighted by atomic mass is 9.73. The summed E-state index contributed by atoms with van der Waals surface area (Å²) < 4.78 is 0. The number of unbranched alkanes of at least 4 members (excludes halogenated alkanes) is 3. The second-order valence-electron chi connectivity index (χ2n) is 5.18. The van der Waals surface area contributed by atoms with Crippen molar-refractivity contribution in [2.24, 2.45) is 11.3 Å². The summed E-state index contributed by atoms with van der Waals surface area (Å²) in [5, 5.41) is 9.40. The van der Waals surface area contributed by atoms with Gasteiger partial charge in [0.25, 0.3) is 0 Å². The third-order valence-electron chi connectivity index (χ3n) is 4.28. The Hall–Kier alpha value is -0.860. The largest absolute Gasteiger partial charge is 0.481 e. The fourth-order valence-corrected chi connectivity index (χ4v) is 3.05. The Balaban J connectivity index is 2.64. The molecular weight excluding hydrogens is 216 g/mol. The number of carboxylic acids is 1. The van der Waals surface area contributed by atoms with E-state index in [1.807, 2.05) is 6.92 Å². The molecule has 0 heterocycles. The lowest BCUT2D eigenvalue weighted by molar-refractivity contribution is -0.153. The van der Waals surface area contributed by atoms with Gasteiger partial charge in [0.05, 0.1) is 5.41 Å². The molecule has 0 amide bonds. The molecule has 0 aliphatic heterocycles. The number of carboxylic acid groups (broad SMARTS) is 1. The number of carbonyl (C=O) groups is 2. The third kappa shape index (κ3) is 2.88. The van der Waals surface area contributed by atoms with Crippen molar-refractivity contribution in [1.82, 2.24) is 0 Å². The lowest BCUT2D eigenvalue weighted by Crippen LogP contribution is -2.36. The van der Waals surface area contributed by atoms with E-state index in [9.17, 15) is 14.7 Å². The van der Waals surface area contributed by atoms with Gasteiger partial charge in [0.2, 0.25) is 0 Å². The summed E-state index contributed by atoms with van der Waals surface area (Å²) in [6.07, 6.45) is 6.77. The van der Waals surface area contributed by atoms with Crippen molar-refractivity contribution in [3.63, 3.8) is 0 Å². The Kier molecular flexibility index (Phi) is 5.16. The molecule has 2 unspecified atom stereocenters. The first-order valence-electron chi connectivity index (χ1n) is 6.84. The maximum Gasteiger partial charge on any atom is 0.310 e. The molecule has 0 saturated heterocycles. The van der Waals surface area contributed by atoms with E-state index in [2.05, 4.69) is 6.92 Å². The van der Waals surface area contributed by atoms with Crippen molar-refractivity contribution in [1.29, 1.82) is 0 Å². The van der Waals surface area contributed by atoms with Gasteiger partial charge in [0.15, 0.2) is 0 Å². The van der Waals surface area contributed by atoms with Crippen LogP contribution in [0.15, 0.2) is 0 Å². The van der Waals surface area contributed by atoms with Gasteiger partial charge >= 0.3 is 5.97 Å². The minimum atomic E-state index is -0.772. The minimum absolute atomic E-state index is 0.172. The Morgan fingerprint density at radius 2 is 2.06 bits per heavy atom. The van der Waals surface area contributed by atoms with Crippen molar-refractivity contribution in [2.45, 2.75) is 65.2 Å². The number of aliphatic carboxylic acids is 1. The molecule has 3 heteroatoms. The van der Waals surface area contributed by atoms with E-state index in [0.29, 0.717) is 19.3 Å². The van der Waals surface area contributed by atoms with Crippen LogP contribution >= 0.6 is 0 Å². The summed E-state index contributed by atoms with van der Waals surface area (Å²) in [7, 11) is 0. The maximum absolute atomic E-state index is 11.9. The van der Waals surface area contributed by atoms with Gasteiger partial charge in [-0.05, 0) is 19.3 Å². The molecule has 1 rings (SSSR count). The van der Waals surface area contributed by atoms with E-state index in [4.69, 9.17) is 0 Å². The fraction of sp³-hybridized carbons (Fsp3) is 0.857. The van der Waals surface area contributed by atoms with Crippen LogP contribution in [0.4, 0.5) is 0 Å². The predicted octanol–water partition coefficient (Wildman–Crippen LogP) is 3.42. The predicted molar refractivity (Wildman–Crippen MR) is 66.8 cm³/mol. The highest BCUT2D eigenvalue weighted by Gasteiger charge is 2.51. The van der Waals surface area contributed by atoms with Crippen LogP contribution in [0.5, 0.6) is 0 Å². The number of carbonyl (C=O) groups excluding carboxylic acids is 1. The molecule has 17 heavy (non-hydrogen) atoms. The average Bonchev–Trinajstić information content (AvgIpc) is 2.63. The number of ketones is 1. The molecule has 0 aromatic rings. The average molecular weight is 240 g/mol. The first-order valence-corrected chi connectivity index (χ1v) is 6.84. The van der Waals surface area contributed by atoms with Gasteiger partial charge < -0.3 is 5.11 Å². The summed E-state index contributed by atoms with van der Waals surface area (Å²) in [5.41, 5.74) is -0.761. The molecule has 0 radical (unpaired) electrons. The lowest BCUT2D eigenvalue weighted by Gasteiger charge is -2.28. The van der Waals surface area contributed by atoms with E-state index >= 15 is 0 Å². The van der Waals surface area contributed by atoms with Crippen LogP contribution in [0, 0.1) is 11.3 Å². The standard InChI is InChI=1S/C14H24O3/c1-3-5-6-7-8-11-12(15)9-10-14(11,4-2)13(16)17/h11H,3-10H2,1-2H3,(H,16,17). The minimum Gasteiger partial charge on any atom is -0.481 e. The zero-order chi connectivity index (χ0) is 12.9. The first-order chi connectivity index (χ1) is 8.08. The van der Waals surface area contributed by atoms with Crippen molar-refractivity contribution in [3.05, 3.63) is 0 Å². The molecule has 0 aromatic heterocycles. The summed E-state index contributed by atoms with van der Waals surface area (Å²) in [6.45, 7) is 4.04. The molecule has 2 atom stereocenters. The van der Waals surface area contributed by atoms with Crippen LogP contribution < -0.4 is 0 Å². The highest BCUT2D eigenvalue weighted by Crippen LogP contribution is 2.46. The van der Waals surface area contributed by atoms with Crippen molar-refractivity contribution >= 4 is 11.8 Å². The molecule has 1 aliphatic rings. The molecule has 3 nitrogen and oxygen atoms in total. The van der Waals surface area contributed by atoms with Crippen molar-refractivity contribution in [3.8, 4) is 0 Å². The molecule has 98 valence electrons. The van der Waals surface area contributed by atoms with Gasteiger partial charge in [-0.15, -0.1) is 0 Å². The number of hydrogen-bond donors (Lipinski definition) is 1. The smallest absolute Gasteiger partial charge is 0.310 e. The van der Waals surface area contributed by atoms with Gasteiger partial charge in [-0.2, -0.15) is 0 Å². The zero-order valence-corrected chi connectivity index (χ0v) is 11.0. The van der Waals surface area contributed by atoms with E-state index in [0.717, 1.165) is 25.7 Å². The van der Waals surface area contributed by atoms with Crippen LogP contribution in [0.3, 0.4) is 0 Å². The number of rotatable bonds is 7. The van der Waals surface area contributed by atoms with E-state index in [1.165, 1.54) is 6.42 Å². The van der Waals surface area contributed by atoms with Gasteiger partial charge in [-0.1, -0.05) is 39.5 Å². The summed E-state index contributed by atoms with van der Waals surface area (Å²) in [4.78, 5) is 23.3. The van der Waals surface area contributed by atoms with Crippen LogP contribution in [-0.4, -0.2) is 16.9 Å². The van der Waals surface area contributed by atoms with E-state index < -0.39 is 11.4 Å². The summed E-state index contributed by atoms with van der Waals surface area (Å²) in [5.74, 6) is -0.834. The van der Waals surface area contributed by atoms with Crippen molar-refractivity contribution in [2.75, 3.05) is 0 Å². The van der Waals surface area contributed by atoms with E-state index in [-0.39, 0.29) is 11.7 Å². The Morgan fingerprint density at radius 1 is 1.35 bits per heavy atom. The quantitative estimate of drug-likeness (QED) is 0.694. The summed E-state index contributed by atoms with van der Waals surface area (Å²) >= 11 is 0. The molecule has 0 aromatic carbocycles. The second kappa shape index (κ2) is 6.18. The normalized spacial score (nSPS) is 28.6. The molecule has 0 bridgehead atoms. The SMILES string of the molecule is CCCCCCC1C(=O)CCC1(CC)C(=O)O. The monoisotopic (exact) mass is 240 g/mol. The topological polar surface area (TPSA) is 54.4 Å². The molecule has 1 N–H and O–H groups in total. The highest BCUT2D eigenvalue weighted by molar-refractivity contribution is 5.92. The molecule has 1 saturated carbocycles. The van der Waals surface area contributed by atoms with Crippen LogP contribution in [0.1, 0.15) is 65.2 Å². The highest BCUT2D eigenvalue weighted by atomic mass is 16.4. The van der Waals surface area contributed by atoms with Gasteiger partial charge in [0, 0.05) is 12.3 Å². The molecule has 1 fully saturated rings.